The Morgan fingerprint density at radius 3 is 3.00 bits per heavy atom. The van der Waals surface area contributed by atoms with Gasteiger partial charge in [-0.25, -0.2) is 9.66 Å². The Balaban J connectivity index is 2.20. The molecule has 0 fully saturated rings. The van der Waals surface area contributed by atoms with Gasteiger partial charge in [0.15, 0.2) is 0 Å². The molecule has 86 valence electrons. The third kappa shape index (κ3) is 1.66. The van der Waals surface area contributed by atoms with Crippen LogP contribution in [-0.4, -0.2) is 9.66 Å². The minimum atomic E-state index is 0.785. The van der Waals surface area contributed by atoms with E-state index in [2.05, 4.69) is 28.2 Å². The lowest BCUT2D eigenvalue weighted by Gasteiger charge is -2.25. The monoisotopic (exact) mass is 245 g/mol. The number of aromatic nitrogens is 2. The van der Waals surface area contributed by atoms with Crippen molar-refractivity contribution in [3.63, 3.8) is 0 Å². The van der Waals surface area contributed by atoms with Gasteiger partial charge in [0, 0.05) is 17.6 Å². The number of hydrogen-bond donors (Lipinski definition) is 2. The van der Waals surface area contributed by atoms with Crippen LogP contribution >= 0.6 is 12.6 Å². The van der Waals surface area contributed by atoms with Crippen LogP contribution in [0.25, 0.3) is 5.03 Å². The van der Waals surface area contributed by atoms with Gasteiger partial charge >= 0.3 is 0 Å². The Morgan fingerprint density at radius 1 is 1.35 bits per heavy atom. The van der Waals surface area contributed by atoms with Crippen molar-refractivity contribution in [2.45, 2.75) is 6.92 Å². The number of hydrogen-bond acceptors (Lipinski definition) is 5. The van der Waals surface area contributed by atoms with Gasteiger partial charge in [-0.05, 0) is 24.6 Å². The molecule has 0 spiro atoms. The molecule has 1 aromatic carbocycles. The average molecular weight is 245 g/mol. The van der Waals surface area contributed by atoms with Crippen LogP contribution in [0.5, 0.6) is 0 Å². The van der Waals surface area contributed by atoms with Crippen LogP contribution in [-0.2, 0) is 0 Å². The molecule has 0 aliphatic carbocycles. The van der Waals surface area contributed by atoms with Crippen LogP contribution in [0.4, 0.5) is 0 Å². The third-order valence-corrected chi connectivity index (χ3v) is 3.01. The molecule has 0 unspecified atom stereocenters. The van der Waals surface area contributed by atoms with Gasteiger partial charge in [-0.3, -0.25) is 0 Å². The molecule has 2 aromatic rings. The molecule has 1 aliphatic rings. The van der Waals surface area contributed by atoms with E-state index in [0.717, 1.165) is 15.6 Å². The lowest BCUT2D eigenvalue weighted by atomic mass is 10.2. The molecule has 0 atom stereocenters. The number of imidazole rings is 1. The smallest absolute Gasteiger partial charge is 0.123 e. The Bertz CT molecular complexity index is 662. The maximum Gasteiger partial charge on any atom is 0.123 e. The maximum absolute atomic E-state index is 4.53. The van der Waals surface area contributed by atoms with Crippen LogP contribution in [0.3, 0.4) is 0 Å². The van der Waals surface area contributed by atoms with E-state index in [9.17, 15) is 0 Å². The summed E-state index contributed by atoms with van der Waals surface area (Å²) in [6.07, 6.45) is 5.20. The second-order valence-electron chi connectivity index (χ2n) is 3.81. The topological polar surface area (TPSA) is 45.5 Å². The molecule has 0 amide bonds. The van der Waals surface area contributed by atoms with E-state index in [1.807, 2.05) is 31.3 Å². The maximum atomic E-state index is 4.53. The van der Waals surface area contributed by atoms with Crippen LogP contribution in [0, 0.1) is 6.92 Å². The summed E-state index contributed by atoms with van der Waals surface area (Å²) in [6.45, 7) is 2.04. The van der Waals surface area contributed by atoms with E-state index in [1.54, 1.807) is 22.3 Å². The standard InChI is InChI=1S/C11H11N5S/c1-8-2-3-9-10(6-8)13-14-16(11(9)17)15-5-4-12-7-15/h2-7,14,17H,1H3. The Labute approximate surface area is 103 Å². The highest BCUT2D eigenvalue weighted by Gasteiger charge is 2.12. The minimum Gasteiger partial charge on any atom is -0.243 e. The highest BCUT2D eigenvalue weighted by Crippen LogP contribution is 2.06. The number of aryl methyl sites for hydroxylation is 1. The van der Waals surface area contributed by atoms with Crippen molar-refractivity contribution in [3.8, 4) is 0 Å². The second-order valence-corrected chi connectivity index (χ2v) is 4.23. The van der Waals surface area contributed by atoms with E-state index >= 15 is 0 Å². The first-order valence-corrected chi connectivity index (χ1v) is 5.62. The molecule has 0 radical (unpaired) electrons. The number of nitrogens with zero attached hydrogens (tertiary/aromatic N) is 4. The van der Waals surface area contributed by atoms with E-state index in [0.29, 0.717) is 0 Å². The van der Waals surface area contributed by atoms with E-state index < -0.39 is 0 Å². The van der Waals surface area contributed by atoms with Crippen LogP contribution < -0.4 is 21.2 Å². The summed E-state index contributed by atoms with van der Waals surface area (Å²) < 4.78 is 1.77. The number of thiol groups is 1. The third-order valence-electron chi connectivity index (χ3n) is 2.58. The van der Waals surface area contributed by atoms with Crippen molar-refractivity contribution in [1.29, 1.82) is 0 Å². The van der Waals surface area contributed by atoms with Gasteiger partial charge in [0.05, 0.1) is 5.36 Å². The zero-order valence-electron chi connectivity index (χ0n) is 9.20. The molecule has 1 aliphatic heterocycles. The molecule has 6 heteroatoms. The van der Waals surface area contributed by atoms with Crippen LogP contribution in [0.2, 0.25) is 0 Å². The van der Waals surface area contributed by atoms with Crippen molar-refractivity contribution in [1.82, 2.24) is 15.2 Å². The summed E-state index contributed by atoms with van der Waals surface area (Å²) in [4.78, 5) is 3.99. The fourth-order valence-corrected chi connectivity index (χ4v) is 2.05. The quantitative estimate of drug-likeness (QED) is 0.688. The second kappa shape index (κ2) is 3.81. The van der Waals surface area contributed by atoms with Crippen molar-refractivity contribution >= 4 is 17.7 Å². The molecule has 1 N–H and O–H groups in total. The van der Waals surface area contributed by atoms with Gasteiger partial charge < -0.3 is 0 Å². The van der Waals surface area contributed by atoms with Gasteiger partial charge in [0.1, 0.15) is 11.4 Å². The average Bonchev–Trinajstić information content (AvgIpc) is 2.82. The first-order chi connectivity index (χ1) is 8.25. The van der Waals surface area contributed by atoms with Crippen molar-refractivity contribution in [2.75, 3.05) is 5.12 Å². The molecule has 3 rings (SSSR count). The van der Waals surface area contributed by atoms with Crippen molar-refractivity contribution in [3.05, 3.63) is 53.1 Å². The van der Waals surface area contributed by atoms with Gasteiger partial charge in [-0.15, -0.1) is 12.6 Å². The predicted octanol–water partition coefficient (Wildman–Crippen LogP) is -0.122. The SMILES string of the molecule is Cc1ccc2c(c1)=NNN(n1ccnc1)C=2S. The molecule has 0 saturated heterocycles. The molecule has 5 nitrogen and oxygen atoms in total. The molecule has 2 heterocycles. The largest absolute Gasteiger partial charge is 0.243 e. The van der Waals surface area contributed by atoms with E-state index in [1.165, 1.54) is 5.56 Å². The van der Waals surface area contributed by atoms with Gasteiger partial charge in [0.25, 0.3) is 0 Å². The molecule has 1 aromatic heterocycles. The summed E-state index contributed by atoms with van der Waals surface area (Å²) in [5, 5.41) is 8.69. The van der Waals surface area contributed by atoms with E-state index in [4.69, 9.17) is 0 Å². The molecule has 0 saturated carbocycles. The van der Waals surface area contributed by atoms with Gasteiger partial charge in [0.2, 0.25) is 0 Å². The van der Waals surface area contributed by atoms with E-state index in [-0.39, 0.29) is 0 Å². The molecular formula is C11H11N5S. The number of nitrogens with one attached hydrogen (secondary N) is 1. The lowest BCUT2D eigenvalue weighted by molar-refractivity contribution is 0.569. The normalized spacial score (nSPS) is 14.0. The Hall–Kier alpha value is -1.95. The molecule has 17 heavy (non-hydrogen) atoms. The summed E-state index contributed by atoms with van der Waals surface area (Å²) in [5.74, 6) is 0. The van der Waals surface area contributed by atoms with Gasteiger partial charge in [-0.2, -0.15) is 15.8 Å². The fourth-order valence-electron chi connectivity index (χ4n) is 1.72. The highest BCUT2D eigenvalue weighted by molar-refractivity contribution is 7.90. The summed E-state index contributed by atoms with van der Waals surface area (Å²) in [7, 11) is 0. The fraction of sp³-hybridized carbons (Fsp3) is 0.0909. The summed E-state index contributed by atoms with van der Waals surface area (Å²) in [5.41, 5.74) is 4.10. The zero-order valence-corrected chi connectivity index (χ0v) is 10.1. The first kappa shape index (κ1) is 10.2. The summed E-state index contributed by atoms with van der Waals surface area (Å²) >= 11 is 4.53. The number of benzene rings is 1. The number of rotatable bonds is 1. The highest BCUT2D eigenvalue weighted by atomic mass is 32.1. The summed E-state index contributed by atoms with van der Waals surface area (Å²) in [6, 6.07) is 6.08. The Kier molecular flexibility index (Phi) is 2.29. The minimum absolute atomic E-state index is 0.785. The molecular weight excluding hydrogens is 234 g/mol. The lowest BCUT2D eigenvalue weighted by Crippen LogP contribution is -2.50. The van der Waals surface area contributed by atoms with Crippen LogP contribution in [0.15, 0.2) is 42.0 Å². The Morgan fingerprint density at radius 2 is 2.24 bits per heavy atom. The molecule has 0 bridgehead atoms. The number of fused-ring (bicyclic) bond motifs is 1. The van der Waals surface area contributed by atoms with Gasteiger partial charge in [-0.1, -0.05) is 6.07 Å². The zero-order chi connectivity index (χ0) is 11.8. The first-order valence-electron chi connectivity index (χ1n) is 5.17. The van der Waals surface area contributed by atoms with Crippen molar-refractivity contribution in [2.24, 2.45) is 5.10 Å². The predicted molar refractivity (Wildman–Crippen MR) is 67.9 cm³/mol. The number of hydrazine groups is 1. The van der Waals surface area contributed by atoms with Crippen molar-refractivity contribution < 1.29 is 0 Å². The van der Waals surface area contributed by atoms with Crippen LogP contribution in [0.1, 0.15) is 5.56 Å².